The minimum atomic E-state index is -0.332. The third kappa shape index (κ3) is 4.94. The quantitative estimate of drug-likeness (QED) is 0.426. The number of hydrogen-bond donors (Lipinski definition) is 1. The number of amides is 1. The number of aromatic nitrogens is 4. The van der Waals surface area contributed by atoms with Crippen LogP contribution in [0.2, 0.25) is 0 Å². The largest absolute Gasteiger partial charge is 0.378 e. The summed E-state index contributed by atoms with van der Waals surface area (Å²) in [5.74, 6) is 0.236. The number of halogens is 1. The van der Waals surface area contributed by atoms with Crippen LogP contribution in [0.5, 0.6) is 0 Å². The van der Waals surface area contributed by atoms with Gasteiger partial charge in [-0.05, 0) is 60.7 Å². The first-order chi connectivity index (χ1) is 15.5. The first-order valence-corrected chi connectivity index (χ1v) is 10.8. The fraction of sp³-hybridized carbons (Fsp3) is 0.130. The van der Waals surface area contributed by atoms with E-state index in [4.69, 9.17) is 0 Å². The lowest BCUT2D eigenvalue weighted by atomic mass is 10.2. The Morgan fingerprint density at radius 1 is 1.00 bits per heavy atom. The van der Waals surface area contributed by atoms with Crippen LogP contribution in [-0.2, 0) is 4.79 Å². The van der Waals surface area contributed by atoms with Gasteiger partial charge in [-0.1, -0.05) is 11.8 Å². The number of anilines is 2. The molecule has 0 aliphatic rings. The van der Waals surface area contributed by atoms with Gasteiger partial charge in [0.1, 0.15) is 5.82 Å². The van der Waals surface area contributed by atoms with Crippen molar-refractivity contribution in [1.82, 2.24) is 19.7 Å². The average molecular weight is 449 g/mol. The zero-order valence-electron chi connectivity index (χ0n) is 17.6. The maximum absolute atomic E-state index is 13.5. The van der Waals surface area contributed by atoms with Gasteiger partial charge in [0.25, 0.3) is 0 Å². The number of carbonyl (C=O) groups is 1. The highest BCUT2D eigenvalue weighted by atomic mass is 32.2. The lowest BCUT2D eigenvalue weighted by molar-refractivity contribution is -0.113. The van der Waals surface area contributed by atoms with Crippen molar-refractivity contribution in [1.29, 1.82) is 0 Å². The highest BCUT2D eigenvalue weighted by Gasteiger charge is 2.17. The van der Waals surface area contributed by atoms with Crippen molar-refractivity contribution in [2.75, 3.05) is 30.1 Å². The maximum Gasteiger partial charge on any atom is 0.234 e. The van der Waals surface area contributed by atoms with Crippen LogP contribution in [0.25, 0.3) is 17.1 Å². The number of nitrogens with zero attached hydrogens (tertiary/aromatic N) is 5. The SMILES string of the molecule is CN(C)c1ccc(NC(=O)CSc2nnc(-c3ccncc3)n2-c2ccc(F)cc2)cc1. The van der Waals surface area contributed by atoms with Gasteiger partial charge in [-0.15, -0.1) is 10.2 Å². The van der Waals surface area contributed by atoms with Gasteiger partial charge >= 0.3 is 0 Å². The number of rotatable bonds is 7. The second-order valence-electron chi connectivity index (χ2n) is 7.13. The number of hydrogen-bond acceptors (Lipinski definition) is 6. The summed E-state index contributed by atoms with van der Waals surface area (Å²) in [5, 5.41) is 12.0. The standard InChI is InChI=1S/C23H21FN6OS/c1-29(2)19-9-5-18(6-10-19)26-21(31)15-32-23-28-27-22(16-11-13-25-14-12-16)30(23)20-7-3-17(24)4-8-20/h3-14H,15H2,1-2H3,(H,26,31). The van der Waals surface area contributed by atoms with Crippen LogP contribution in [0.3, 0.4) is 0 Å². The van der Waals surface area contributed by atoms with Crippen molar-refractivity contribution in [3.63, 3.8) is 0 Å². The van der Waals surface area contributed by atoms with E-state index in [-0.39, 0.29) is 17.5 Å². The molecule has 0 aliphatic heterocycles. The zero-order chi connectivity index (χ0) is 22.5. The van der Waals surface area contributed by atoms with E-state index in [1.807, 2.05) is 55.4 Å². The molecule has 0 radical (unpaired) electrons. The highest BCUT2D eigenvalue weighted by molar-refractivity contribution is 7.99. The number of thioether (sulfide) groups is 1. The monoisotopic (exact) mass is 448 g/mol. The predicted molar refractivity (Wildman–Crippen MR) is 125 cm³/mol. The molecule has 7 nitrogen and oxygen atoms in total. The summed E-state index contributed by atoms with van der Waals surface area (Å²) < 4.78 is 15.3. The zero-order valence-corrected chi connectivity index (χ0v) is 18.4. The molecule has 0 spiro atoms. The maximum atomic E-state index is 13.5. The summed E-state index contributed by atoms with van der Waals surface area (Å²) in [6.07, 6.45) is 3.34. The predicted octanol–water partition coefficient (Wildman–Crippen LogP) is 4.27. The Hall–Kier alpha value is -3.72. The number of pyridine rings is 1. The van der Waals surface area contributed by atoms with E-state index in [2.05, 4.69) is 20.5 Å². The summed E-state index contributed by atoms with van der Waals surface area (Å²) in [4.78, 5) is 18.5. The van der Waals surface area contributed by atoms with Gasteiger partial charge in [0.05, 0.1) is 5.75 Å². The van der Waals surface area contributed by atoms with Crippen molar-refractivity contribution in [3.05, 3.63) is 78.9 Å². The second kappa shape index (κ2) is 9.61. The molecule has 0 aliphatic carbocycles. The Bertz CT molecular complexity index is 1190. The van der Waals surface area contributed by atoms with Crippen LogP contribution in [0.4, 0.5) is 15.8 Å². The molecular weight excluding hydrogens is 427 g/mol. The van der Waals surface area contributed by atoms with Crippen LogP contribution >= 0.6 is 11.8 Å². The normalized spacial score (nSPS) is 10.7. The van der Waals surface area contributed by atoms with Crippen LogP contribution in [0.15, 0.2) is 78.2 Å². The fourth-order valence-corrected chi connectivity index (χ4v) is 3.80. The molecule has 0 unspecified atom stereocenters. The molecule has 9 heteroatoms. The average Bonchev–Trinajstić information content (AvgIpc) is 3.23. The van der Waals surface area contributed by atoms with Gasteiger partial charge in [0.15, 0.2) is 11.0 Å². The summed E-state index contributed by atoms with van der Waals surface area (Å²) in [7, 11) is 3.92. The molecule has 0 bridgehead atoms. The Morgan fingerprint density at radius 3 is 2.34 bits per heavy atom. The summed E-state index contributed by atoms with van der Waals surface area (Å²) in [5.41, 5.74) is 3.28. The fourth-order valence-electron chi connectivity index (χ4n) is 3.04. The van der Waals surface area contributed by atoms with Gasteiger partial charge in [0.2, 0.25) is 5.91 Å². The van der Waals surface area contributed by atoms with Crippen molar-refractivity contribution in [2.24, 2.45) is 0 Å². The van der Waals surface area contributed by atoms with Crippen molar-refractivity contribution < 1.29 is 9.18 Å². The van der Waals surface area contributed by atoms with E-state index in [1.165, 1.54) is 23.9 Å². The molecule has 2 heterocycles. The third-order valence-corrected chi connectivity index (χ3v) is 5.59. The molecule has 0 saturated heterocycles. The summed E-state index contributed by atoms with van der Waals surface area (Å²) in [6, 6.07) is 17.3. The van der Waals surface area contributed by atoms with E-state index in [1.54, 1.807) is 29.1 Å². The molecule has 0 atom stereocenters. The molecule has 1 N–H and O–H groups in total. The Labute approximate surface area is 189 Å². The van der Waals surface area contributed by atoms with Gasteiger partial charge in [-0.25, -0.2) is 4.39 Å². The van der Waals surface area contributed by atoms with E-state index >= 15 is 0 Å². The first kappa shape index (κ1) is 21.5. The Morgan fingerprint density at radius 2 is 1.69 bits per heavy atom. The van der Waals surface area contributed by atoms with Crippen LogP contribution in [0.1, 0.15) is 0 Å². The Kier molecular flexibility index (Phi) is 6.46. The lowest BCUT2D eigenvalue weighted by Gasteiger charge is -2.13. The van der Waals surface area contributed by atoms with Crippen molar-refractivity contribution in [3.8, 4) is 17.1 Å². The molecule has 0 fully saturated rings. The third-order valence-electron chi connectivity index (χ3n) is 4.66. The topological polar surface area (TPSA) is 75.9 Å². The number of carbonyl (C=O) groups excluding carboxylic acids is 1. The summed E-state index contributed by atoms with van der Waals surface area (Å²) in [6.45, 7) is 0. The smallest absolute Gasteiger partial charge is 0.234 e. The molecule has 162 valence electrons. The van der Waals surface area contributed by atoms with Crippen LogP contribution in [0, 0.1) is 5.82 Å². The Balaban J connectivity index is 1.53. The van der Waals surface area contributed by atoms with Crippen molar-refractivity contribution >= 4 is 29.0 Å². The summed E-state index contributed by atoms with van der Waals surface area (Å²) >= 11 is 1.26. The molecule has 4 aromatic rings. The molecular formula is C23H21FN6OS. The van der Waals surface area contributed by atoms with Gasteiger partial charge < -0.3 is 10.2 Å². The molecule has 32 heavy (non-hydrogen) atoms. The van der Waals surface area contributed by atoms with E-state index in [9.17, 15) is 9.18 Å². The van der Waals surface area contributed by atoms with Crippen LogP contribution in [-0.4, -0.2) is 45.5 Å². The van der Waals surface area contributed by atoms with Crippen molar-refractivity contribution in [2.45, 2.75) is 5.16 Å². The van der Waals surface area contributed by atoms with Gasteiger partial charge in [-0.3, -0.25) is 14.3 Å². The van der Waals surface area contributed by atoms with Gasteiger partial charge in [0, 0.05) is 49.1 Å². The number of benzene rings is 2. The molecule has 4 rings (SSSR count). The minimum absolute atomic E-state index is 0.144. The van der Waals surface area contributed by atoms with Crippen LogP contribution < -0.4 is 10.2 Å². The van der Waals surface area contributed by atoms with E-state index in [0.29, 0.717) is 16.7 Å². The van der Waals surface area contributed by atoms with Gasteiger partial charge in [-0.2, -0.15) is 0 Å². The minimum Gasteiger partial charge on any atom is -0.378 e. The molecule has 2 aromatic heterocycles. The van der Waals surface area contributed by atoms with E-state index < -0.39 is 0 Å². The molecule has 2 aromatic carbocycles. The van der Waals surface area contributed by atoms with E-state index in [0.717, 1.165) is 16.9 Å². The molecule has 1 amide bonds. The number of nitrogens with one attached hydrogen (secondary N) is 1. The second-order valence-corrected chi connectivity index (χ2v) is 8.07. The lowest BCUT2D eigenvalue weighted by Crippen LogP contribution is -2.15. The molecule has 0 saturated carbocycles. The first-order valence-electron chi connectivity index (χ1n) is 9.83. The highest BCUT2D eigenvalue weighted by Crippen LogP contribution is 2.28.